The molecule has 1 atom stereocenters. The molecular formula is C25H24ClN3O5S. The third-order valence-corrected chi connectivity index (χ3v) is 7.30. The highest BCUT2D eigenvalue weighted by Gasteiger charge is 2.28. The van der Waals surface area contributed by atoms with Crippen molar-refractivity contribution in [2.45, 2.75) is 30.2 Å². The standard InChI is InChI=1S/C25H24ClN3O5S/c1-34-23-11-8-18(26)15-21(23)28-25(31)22(13-16-5-3-2-4-6-16)29-35(32,33)19-9-10-20-17(14-19)7-12-24(30)27-20/h2-6,8-11,14-15,22,29H,7,12-13H2,1H3,(H,27,30)(H,28,31). The molecule has 4 rings (SSSR count). The second-order valence-electron chi connectivity index (χ2n) is 8.06. The summed E-state index contributed by atoms with van der Waals surface area (Å²) in [6.45, 7) is 0. The Bertz CT molecular complexity index is 1360. The highest BCUT2D eigenvalue weighted by molar-refractivity contribution is 7.89. The fraction of sp³-hybridized carbons (Fsp3) is 0.200. The Labute approximate surface area is 208 Å². The Balaban J connectivity index is 1.62. The molecular weight excluding hydrogens is 490 g/mol. The van der Waals surface area contributed by atoms with Crippen molar-refractivity contribution in [2.24, 2.45) is 0 Å². The molecule has 0 spiro atoms. The van der Waals surface area contributed by atoms with Gasteiger partial charge in [-0.2, -0.15) is 4.72 Å². The molecule has 0 saturated heterocycles. The molecule has 35 heavy (non-hydrogen) atoms. The number of amides is 2. The van der Waals surface area contributed by atoms with E-state index in [9.17, 15) is 18.0 Å². The second-order valence-corrected chi connectivity index (χ2v) is 10.2. The van der Waals surface area contributed by atoms with Crippen LogP contribution in [0.5, 0.6) is 5.75 Å². The molecule has 0 aliphatic carbocycles. The van der Waals surface area contributed by atoms with E-state index in [0.717, 1.165) is 11.1 Å². The number of anilines is 2. The van der Waals surface area contributed by atoms with Gasteiger partial charge in [-0.15, -0.1) is 0 Å². The van der Waals surface area contributed by atoms with Crippen molar-refractivity contribution in [3.05, 3.63) is 82.9 Å². The van der Waals surface area contributed by atoms with Gasteiger partial charge < -0.3 is 15.4 Å². The van der Waals surface area contributed by atoms with Crippen molar-refractivity contribution >= 4 is 44.8 Å². The number of rotatable bonds is 8. The van der Waals surface area contributed by atoms with Gasteiger partial charge in [0.05, 0.1) is 17.7 Å². The van der Waals surface area contributed by atoms with Crippen molar-refractivity contribution in [1.29, 1.82) is 0 Å². The van der Waals surface area contributed by atoms with Crippen LogP contribution in [0.25, 0.3) is 0 Å². The van der Waals surface area contributed by atoms with Crippen molar-refractivity contribution in [3.63, 3.8) is 0 Å². The highest BCUT2D eigenvalue weighted by Crippen LogP contribution is 2.29. The lowest BCUT2D eigenvalue weighted by Crippen LogP contribution is -2.45. The smallest absolute Gasteiger partial charge is 0.243 e. The van der Waals surface area contributed by atoms with E-state index in [1.165, 1.54) is 25.3 Å². The van der Waals surface area contributed by atoms with E-state index < -0.39 is 22.0 Å². The van der Waals surface area contributed by atoms with Crippen LogP contribution in [0.15, 0.2) is 71.6 Å². The largest absolute Gasteiger partial charge is 0.495 e. The second kappa shape index (κ2) is 10.5. The summed E-state index contributed by atoms with van der Waals surface area (Å²) < 4.78 is 34.4. The van der Waals surface area contributed by atoms with Gasteiger partial charge in [-0.25, -0.2) is 8.42 Å². The first kappa shape index (κ1) is 24.7. The van der Waals surface area contributed by atoms with Gasteiger partial charge in [0, 0.05) is 17.1 Å². The molecule has 1 aliphatic heterocycles. The minimum absolute atomic E-state index is 0.0126. The number of fused-ring (bicyclic) bond motifs is 1. The summed E-state index contributed by atoms with van der Waals surface area (Å²) in [5, 5.41) is 5.85. The van der Waals surface area contributed by atoms with E-state index in [1.807, 2.05) is 30.3 Å². The maximum atomic E-state index is 13.3. The number of carbonyl (C=O) groups is 2. The van der Waals surface area contributed by atoms with Gasteiger partial charge in [0.15, 0.2) is 0 Å². The summed E-state index contributed by atoms with van der Waals surface area (Å²) >= 11 is 6.08. The van der Waals surface area contributed by atoms with Crippen LogP contribution in [-0.4, -0.2) is 33.4 Å². The first-order valence-corrected chi connectivity index (χ1v) is 12.7. The SMILES string of the molecule is COc1ccc(Cl)cc1NC(=O)C(Cc1ccccc1)NS(=O)(=O)c1ccc2c(c1)CCC(=O)N2. The zero-order valence-electron chi connectivity index (χ0n) is 18.9. The molecule has 8 nitrogen and oxygen atoms in total. The normalized spacial score (nSPS) is 13.9. The number of sulfonamides is 1. The summed E-state index contributed by atoms with van der Waals surface area (Å²) in [5.41, 5.74) is 2.42. The molecule has 10 heteroatoms. The predicted molar refractivity (Wildman–Crippen MR) is 134 cm³/mol. The fourth-order valence-corrected chi connectivity index (χ4v) is 5.24. The Morgan fingerprint density at radius 1 is 1.09 bits per heavy atom. The number of methoxy groups -OCH3 is 1. The van der Waals surface area contributed by atoms with Crippen LogP contribution in [0.2, 0.25) is 5.02 Å². The Morgan fingerprint density at radius 2 is 1.86 bits per heavy atom. The minimum atomic E-state index is -4.07. The number of ether oxygens (including phenoxy) is 1. The maximum absolute atomic E-state index is 13.3. The molecule has 3 aromatic rings. The van der Waals surface area contributed by atoms with Gasteiger partial charge in [0.25, 0.3) is 0 Å². The van der Waals surface area contributed by atoms with E-state index in [2.05, 4.69) is 15.4 Å². The molecule has 0 fully saturated rings. The topological polar surface area (TPSA) is 114 Å². The third-order valence-electron chi connectivity index (χ3n) is 5.60. The molecule has 182 valence electrons. The quantitative estimate of drug-likeness (QED) is 0.424. The van der Waals surface area contributed by atoms with Gasteiger partial charge in [-0.05, 0) is 60.4 Å². The Morgan fingerprint density at radius 3 is 2.60 bits per heavy atom. The summed E-state index contributed by atoms with van der Waals surface area (Å²) in [6.07, 6.45) is 0.841. The molecule has 0 saturated carbocycles. The number of halogens is 1. The number of benzene rings is 3. The van der Waals surface area contributed by atoms with Crippen LogP contribution in [0.4, 0.5) is 11.4 Å². The minimum Gasteiger partial charge on any atom is -0.495 e. The molecule has 1 aliphatic rings. The number of carbonyl (C=O) groups excluding carboxylic acids is 2. The Hall–Kier alpha value is -3.40. The number of aryl methyl sites for hydroxylation is 1. The molecule has 0 radical (unpaired) electrons. The first-order chi connectivity index (χ1) is 16.7. The number of hydrogen-bond acceptors (Lipinski definition) is 5. The summed E-state index contributed by atoms with van der Waals surface area (Å²) in [5.74, 6) is -0.286. The van der Waals surface area contributed by atoms with Crippen molar-refractivity contribution < 1.29 is 22.7 Å². The van der Waals surface area contributed by atoms with Crippen LogP contribution >= 0.6 is 11.6 Å². The van der Waals surface area contributed by atoms with E-state index in [0.29, 0.717) is 28.6 Å². The summed E-state index contributed by atoms with van der Waals surface area (Å²) in [4.78, 5) is 24.9. The molecule has 1 heterocycles. The lowest BCUT2D eigenvalue weighted by atomic mass is 10.0. The van der Waals surface area contributed by atoms with E-state index in [1.54, 1.807) is 18.2 Å². The average molecular weight is 514 g/mol. The number of hydrogen-bond donors (Lipinski definition) is 3. The van der Waals surface area contributed by atoms with Crippen LogP contribution < -0.4 is 20.1 Å². The van der Waals surface area contributed by atoms with Gasteiger partial charge >= 0.3 is 0 Å². The third kappa shape index (κ3) is 6.00. The van der Waals surface area contributed by atoms with Gasteiger partial charge in [-0.3, -0.25) is 9.59 Å². The van der Waals surface area contributed by atoms with Gasteiger partial charge in [0.1, 0.15) is 11.8 Å². The zero-order valence-corrected chi connectivity index (χ0v) is 20.4. The van der Waals surface area contributed by atoms with E-state index in [-0.39, 0.29) is 23.6 Å². The van der Waals surface area contributed by atoms with Crippen molar-refractivity contribution in [1.82, 2.24) is 4.72 Å². The summed E-state index contributed by atoms with van der Waals surface area (Å²) in [6, 6.07) is 17.2. The fourth-order valence-electron chi connectivity index (χ4n) is 3.82. The number of nitrogens with one attached hydrogen (secondary N) is 3. The monoisotopic (exact) mass is 513 g/mol. The summed E-state index contributed by atoms with van der Waals surface area (Å²) in [7, 11) is -2.61. The lowest BCUT2D eigenvalue weighted by Gasteiger charge is -2.21. The molecule has 3 N–H and O–H groups in total. The van der Waals surface area contributed by atoms with Crippen molar-refractivity contribution in [3.8, 4) is 5.75 Å². The van der Waals surface area contributed by atoms with Crippen LogP contribution in [0.1, 0.15) is 17.5 Å². The van der Waals surface area contributed by atoms with Crippen molar-refractivity contribution in [2.75, 3.05) is 17.7 Å². The maximum Gasteiger partial charge on any atom is 0.243 e. The van der Waals surface area contributed by atoms with E-state index in [4.69, 9.17) is 16.3 Å². The van der Waals surface area contributed by atoms with Crippen LogP contribution in [0.3, 0.4) is 0 Å². The average Bonchev–Trinajstić information content (AvgIpc) is 2.84. The lowest BCUT2D eigenvalue weighted by molar-refractivity contribution is -0.118. The molecule has 2 amide bonds. The van der Waals surface area contributed by atoms with E-state index >= 15 is 0 Å². The predicted octanol–water partition coefficient (Wildman–Crippen LogP) is 3.76. The zero-order chi connectivity index (χ0) is 25.0. The van der Waals surface area contributed by atoms with Gasteiger partial charge in [-0.1, -0.05) is 41.9 Å². The Kier molecular flexibility index (Phi) is 7.39. The molecule has 3 aromatic carbocycles. The first-order valence-electron chi connectivity index (χ1n) is 10.9. The van der Waals surface area contributed by atoms with Crippen LogP contribution in [-0.2, 0) is 32.5 Å². The van der Waals surface area contributed by atoms with Gasteiger partial charge in [0.2, 0.25) is 21.8 Å². The highest BCUT2D eigenvalue weighted by atomic mass is 35.5. The van der Waals surface area contributed by atoms with Crippen LogP contribution in [0, 0.1) is 0 Å². The molecule has 1 unspecified atom stereocenters. The molecule has 0 bridgehead atoms. The molecule has 0 aromatic heterocycles.